The Labute approximate surface area is 117 Å². The topological polar surface area (TPSA) is 23.3 Å². The van der Waals surface area contributed by atoms with Gasteiger partial charge < -0.3 is 9.72 Å². The molecule has 0 spiro atoms. The molecule has 0 N–H and O–H groups in total. The molecule has 17 heavy (non-hydrogen) atoms. The Hall–Kier alpha value is -0.466. The number of hydrogen-bond acceptors (Lipinski definition) is 1. The first-order chi connectivity index (χ1) is 7.60. The monoisotopic (exact) mass is 239 g/mol. The van der Waals surface area contributed by atoms with Crippen LogP contribution in [0, 0.1) is 5.92 Å². The van der Waals surface area contributed by atoms with Crippen molar-refractivity contribution in [2.24, 2.45) is 5.92 Å². The van der Waals surface area contributed by atoms with Gasteiger partial charge in [0.15, 0.2) is 0 Å². The molecular formula is C13H18LiNOSi. The first-order valence-corrected chi connectivity index (χ1v) is 8.51. The van der Waals surface area contributed by atoms with Gasteiger partial charge in [0.2, 0.25) is 0 Å². The first kappa shape index (κ1) is 14.6. The van der Waals surface area contributed by atoms with Crippen molar-refractivity contribution < 1.29 is 23.6 Å². The minimum Gasteiger partial charge on any atom is -0.664 e. The molecule has 0 saturated carbocycles. The van der Waals surface area contributed by atoms with E-state index in [9.17, 15) is 0 Å². The fourth-order valence-electron chi connectivity index (χ4n) is 2.20. The summed E-state index contributed by atoms with van der Waals surface area (Å²) >= 11 is 0. The Morgan fingerprint density at radius 2 is 2.00 bits per heavy atom. The number of allylic oxidation sites excluding steroid dienone is 6. The summed E-state index contributed by atoms with van der Waals surface area (Å²) in [5, 5.41) is 1.40. The van der Waals surface area contributed by atoms with Crippen molar-refractivity contribution in [3.63, 3.8) is 0 Å². The van der Waals surface area contributed by atoms with Crippen molar-refractivity contribution in [2.45, 2.75) is 13.1 Å². The first-order valence-electron chi connectivity index (χ1n) is 5.56. The van der Waals surface area contributed by atoms with Crippen LogP contribution in [0.2, 0.25) is 13.1 Å². The fraction of sp³-hybridized carbons (Fsp3) is 0.385. The van der Waals surface area contributed by atoms with Gasteiger partial charge in [0.05, 0.1) is 13.0 Å². The summed E-state index contributed by atoms with van der Waals surface area (Å²) in [7, 11) is 2.03. The predicted molar refractivity (Wildman–Crippen MR) is 70.7 cm³/mol. The van der Waals surface area contributed by atoms with E-state index in [4.69, 9.17) is 4.74 Å². The smallest absolute Gasteiger partial charge is 0.664 e. The third-order valence-corrected chi connectivity index (χ3v) is 6.25. The molecular weight excluding hydrogens is 221 g/mol. The molecule has 0 saturated heterocycles. The molecule has 1 atom stereocenters. The van der Waals surface area contributed by atoms with Crippen LogP contribution >= 0.6 is 0 Å². The number of fused-ring (bicyclic) bond motifs is 1. The van der Waals surface area contributed by atoms with Crippen molar-refractivity contribution in [2.75, 3.05) is 14.2 Å². The van der Waals surface area contributed by atoms with Gasteiger partial charge in [-0.05, 0) is 19.9 Å². The molecule has 0 bridgehead atoms. The zero-order valence-electron chi connectivity index (χ0n) is 11.3. The number of nitrogens with zero attached hydrogens (tertiary/aromatic N) is 1. The minimum atomic E-state index is -1.65. The van der Waals surface area contributed by atoms with E-state index in [2.05, 4.69) is 48.5 Å². The van der Waals surface area contributed by atoms with Gasteiger partial charge in [0, 0.05) is 0 Å². The number of methoxy groups -OCH3 is 1. The van der Waals surface area contributed by atoms with Crippen molar-refractivity contribution >= 4 is 8.24 Å². The summed E-state index contributed by atoms with van der Waals surface area (Å²) in [6.07, 6.45) is 10.8. The quantitative estimate of drug-likeness (QED) is 0.651. The molecule has 2 aliphatic rings. The molecule has 2 nitrogen and oxygen atoms in total. The van der Waals surface area contributed by atoms with E-state index in [0.717, 1.165) is 5.76 Å². The summed E-state index contributed by atoms with van der Waals surface area (Å²) in [6.45, 7) is 4.54. The van der Waals surface area contributed by atoms with E-state index in [1.165, 1.54) is 10.8 Å². The van der Waals surface area contributed by atoms with Gasteiger partial charge in [-0.1, -0.05) is 42.6 Å². The third-order valence-electron chi connectivity index (χ3n) is 3.38. The van der Waals surface area contributed by atoms with Crippen LogP contribution in [0.25, 0.3) is 4.98 Å². The van der Waals surface area contributed by atoms with Crippen LogP contribution in [0.3, 0.4) is 0 Å². The van der Waals surface area contributed by atoms with Gasteiger partial charge in [0.1, 0.15) is 5.76 Å². The Balaban J connectivity index is 0.00000144. The third kappa shape index (κ3) is 2.53. The standard InChI is InChI=1S/C13H18NOSi.Li/c1-14-16(3,4)13-9-12(15-2)10-7-5-6-8-11(10)13;/h5-10H,1-4H3;/q-1;+1. The average Bonchev–Trinajstić information content (AvgIpc) is 2.68. The summed E-state index contributed by atoms with van der Waals surface area (Å²) in [6, 6.07) is 0. The summed E-state index contributed by atoms with van der Waals surface area (Å²) in [5.41, 5.74) is 1.38. The maximum absolute atomic E-state index is 5.47. The van der Waals surface area contributed by atoms with Crippen molar-refractivity contribution in [1.82, 2.24) is 0 Å². The van der Waals surface area contributed by atoms with Gasteiger partial charge in [-0.2, -0.15) is 7.05 Å². The number of rotatable bonds is 3. The molecule has 4 heteroatoms. The SMILES string of the molecule is C[N-][Si](C)(C)C1=C2C=CC=CC2C(OC)=C1.[Li+]. The Kier molecular flexibility index (Phi) is 4.68. The Morgan fingerprint density at radius 1 is 1.29 bits per heavy atom. The van der Waals surface area contributed by atoms with E-state index < -0.39 is 8.24 Å². The molecule has 86 valence electrons. The molecule has 0 aromatic rings. The van der Waals surface area contributed by atoms with Crippen molar-refractivity contribution in [3.8, 4) is 0 Å². The van der Waals surface area contributed by atoms with E-state index >= 15 is 0 Å². The predicted octanol–water partition coefficient (Wildman–Crippen LogP) is 0.321. The average molecular weight is 239 g/mol. The van der Waals surface area contributed by atoms with Crippen LogP contribution in [0.4, 0.5) is 0 Å². The van der Waals surface area contributed by atoms with Crippen LogP contribution in [0.15, 0.2) is 46.9 Å². The van der Waals surface area contributed by atoms with Gasteiger partial charge in [-0.3, -0.25) is 0 Å². The second-order valence-electron chi connectivity index (χ2n) is 4.62. The van der Waals surface area contributed by atoms with Gasteiger partial charge in [-0.25, -0.2) is 0 Å². The summed E-state index contributed by atoms with van der Waals surface area (Å²) in [5.74, 6) is 1.37. The molecule has 0 aromatic heterocycles. The van der Waals surface area contributed by atoms with Crippen LogP contribution in [0.1, 0.15) is 0 Å². The van der Waals surface area contributed by atoms with E-state index in [0.29, 0.717) is 5.92 Å². The van der Waals surface area contributed by atoms with Crippen LogP contribution in [-0.4, -0.2) is 22.4 Å². The molecule has 0 fully saturated rings. The molecule has 0 amide bonds. The van der Waals surface area contributed by atoms with E-state index in [1.54, 1.807) is 7.11 Å². The normalized spacial score (nSPS) is 22.1. The summed E-state index contributed by atoms with van der Waals surface area (Å²) < 4.78 is 5.47. The maximum atomic E-state index is 5.47. The molecule has 0 radical (unpaired) electrons. The zero-order chi connectivity index (χ0) is 11.8. The number of hydrogen-bond donors (Lipinski definition) is 0. The Bertz CT molecular complexity index is 421. The van der Waals surface area contributed by atoms with Gasteiger partial charge in [0.25, 0.3) is 0 Å². The fourth-order valence-corrected chi connectivity index (χ4v) is 3.88. The van der Waals surface area contributed by atoms with E-state index in [-0.39, 0.29) is 18.9 Å². The molecule has 0 aliphatic heterocycles. The number of ether oxygens (including phenoxy) is 1. The molecule has 2 aliphatic carbocycles. The molecule has 0 heterocycles. The van der Waals surface area contributed by atoms with Gasteiger partial charge in [-0.15, -0.1) is 0 Å². The van der Waals surface area contributed by atoms with Crippen molar-refractivity contribution in [1.29, 1.82) is 0 Å². The minimum absolute atomic E-state index is 0. The van der Waals surface area contributed by atoms with Crippen LogP contribution < -0.4 is 18.9 Å². The maximum Gasteiger partial charge on any atom is 1.00 e. The molecule has 0 aromatic carbocycles. The second kappa shape index (κ2) is 5.45. The second-order valence-corrected chi connectivity index (χ2v) is 8.73. The van der Waals surface area contributed by atoms with Crippen LogP contribution in [-0.2, 0) is 4.74 Å². The van der Waals surface area contributed by atoms with E-state index in [1.807, 2.05) is 7.05 Å². The largest absolute Gasteiger partial charge is 1.00 e. The van der Waals surface area contributed by atoms with Crippen molar-refractivity contribution in [3.05, 3.63) is 51.9 Å². The molecule has 1 unspecified atom stereocenters. The summed E-state index contributed by atoms with van der Waals surface area (Å²) in [4.78, 5) is 4.59. The van der Waals surface area contributed by atoms with Gasteiger partial charge >= 0.3 is 18.9 Å². The Morgan fingerprint density at radius 3 is 2.59 bits per heavy atom. The molecule has 2 rings (SSSR count). The van der Waals surface area contributed by atoms with Crippen LogP contribution in [0.5, 0.6) is 0 Å². The zero-order valence-corrected chi connectivity index (χ0v) is 12.3.